The Balaban J connectivity index is 1.98. The van der Waals surface area contributed by atoms with Gasteiger partial charge in [-0.1, -0.05) is 19.8 Å². The van der Waals surface area contributed by atoms with Crippen LogP contribution in [0.25, 0.3) is 4.96 Å². The van der Waals surface area contributed by atoms with Crippen LogP contribution in [0.1, 0.15) is 31.9 Å². The first-order chi connectivity index (χ1) is 8.36. The molecule has 0 radical (unpaired) electrons. The third-order valence-electron chi connectivity index (χ3n) is 2.77. The zero-order valence-corrected chi connectivity index (χ0v) is 11.2. The van der Waals surface area contributed by atoms with Crippen LogP contribution in [0.2, 0.25) is 0 Å². The van der Waals surface area contributed by atoms with Gasteiger partial charge in [-0.05, 0) is 13.0 Å². The van der Waals surface area contributed by atoms with E-state index in [4.69, 9.17) is 4.74 Å². The summed E-state index contributed by atoms with van der Waals surface area (Å²) in [5.41, 5.74) is 1.11. The van der Waals surface area contributed by atoms with Gasteiger partial charge in [0, 0.05) is 18.1 Å². The molecule has 0 atom stereocenters. The molecule has 0 amide bonds. The summed E-state index contributed by atoms with van der Waals surface area (Å²) in [4.78, 5) is 5.42. The van der Waals surface area contributed by atoms with Crippen molar-refractivity contribution in [1.29, 1.82) is 0 Å². The normalized spacial score (nSPS) is 11.2. The van der Waals surface area contributed by atoms with E-state index in [-0.39, 0.29) is 0 Å². The monoisotopic (exact) mass is 253 g/mol. The maximum Gasteiger partial charge on any atom is 0.237 e. The fourth-order valence-electron chi connectivity index (χ4n) is 1.84. The van der Waals surface area contributed by atoms with Crippen LogP contribution in [0.3, 0.4) is 0 Å². The predicted octanol–water partition coefficient (Wildman–Crippen LogP) is 2.68. The van der Waals surface area contributed by atoms with Gasteiger partial charge < -0.3 is 10.1 Å². The number of thiazole rings is 1. The van der Waals surface area contributed by atoms with Crippen molar-refractivity contribution >= 4 is 16.3 Å². The number of hydrogen-bond acceptors (Lipinski definition) is 4. The number of fused-ring (bicyclic) bond motifs is 1. The molecule has 2 heterocycles. The van der Waals surface area contributed by atoms with Gasteiger partial charge in [0.25, 0.3) is 0 Å². The smallest absolute Gasteiger partial charge is 0.237 e. The second kappa shape index (κ2) is 6.02. The van der Waals surface area contributed by atoms with Crippen molar-refractivity contribution < 1.29 is 4.74 Å². The van der Waals surface area contributed by atoms with Crippen molar-refractivity contribution in [2.24, 2.45) is 0 Å². The highest BCUT2D eigenvalue weighted by molar-refractivity contribution is 7.15. The molecule has 94 valence electrons. The van der Waals surface area contributed by atoms with Gasteiger partial charge >= 0.3 is 0 Å². The summed E-state index contributed by atoms with van der Waals surface area (Å²) in [6.45, 7) is 4.08. The van der Waals surface area contributed by atoms with Crippen LogP contribution in [-0.4, -0.2) is 23.0 Å². The summed E-state index contributed by atoms with van der Waals surface area (Å²) in [5, 5.41) is 5.49. The van der Waals surface area contributed by atoms with Gasteiger partial charge in [0.15, 0.2) is 4.96 Å². The molecule has 0 aromatic carbocycles. The third-order valence-corrected chi connectivity index (χ3v) is 3.52. The van der Waals surface area contributed by atoms with Gasteiger partial charge in [-0.25, -0.2) is 0 Å². The Morgan fingerprint density at radius 2 is 2.35 bits per heavy atom. The molecule has 0 fully saturated rings. The fourth-order valence-corrected chi connectivity index (χ4v) is 2.57. The number of nitrogens with one attached hydrogen (secondary N) is 1. The Kier molecular flexibility index (Phi) is 4.39. The molecule has 4 nitrogen and oxygen atoms in total. The summed E-state index contributed by atoms with van der Waals surface area (Å²) in [6, 6.07) is 0. The number of aromatic nitrogens is 2. The quantitative estimate of drug-likeness (QED) is 0.771. The predicted molar refractivity (Wildman–Crippen MR) is 70.9 cm³/mol. The molecule has 1 N–H and O–H groups in total. The van der Waals surface area contributed by atoms with Crippen LogP contribution < -0.4 is 10.1 Å². The van der Waals surface area contributed by atoms with E-state index in [1.807, 2.05) is 11.6 Å². The minimum absolute atomic E-state index is 0.736. The van der Waals surface area contributed by atoms with E-state index >= 15 is 0 Å². The van der Waals surface area contributed by atoms with Crippen LogP contribution >= 0.6 is 11.3 Å². The van der Waals surface area contributed by atoms with Crippen molar-refractivity contribution in [2.75, 3.05) is 13.7 Å². The molecule has 0 aliphatic carbocycles. The molecule has 0 spiro atoms. The van der Waals surface area contributed by atoms with E-state index in [9.17, 15) is 0 Å². The SMILES string of the molecule is CCCCCNCc1c(OC)nc2sccn12. The van der Waals surface area contributed by atoms with Gasteiger partial charge in [-0.3, -0.25) is 4.40 Å². The fraction of sp³-hybridized carbons (Fsp3) is 0.583. The number of nitrogens with zero attached hydrogens (tertiary/aromatic N) is 2. The molecule has 0 aliphatic heterocycles. The summed E-state index contributed by atoms with van der Waals surface area (Å²) >= 11 is 1.63. The van der Waals surface area contributed by atoms with E-state index < -0.39 is 0 Å². The lowest BCUT2D eigenvalue weighted by molar-refractivity contribution is 0.392. The average Bonchev–Trinajstić information content (AvgIpc) is 2.90. The Hall–Kier alpha value is -1.07. The van der Waals surface area contributed by atoms with Gasteiger partial charge in [-0.2, -0.15) is 4.98 Å². The van der Waals surface area contributed by atoms with Crippen molar-refractivity contribution in [1.82, 2.24) is 14.7 Å². The van der Waals surface area contributed by atoms with Crippen molar-refractivity contribution in [3.05, 3.63) is 17.3 Å². The van der Waals surface area contributed by atoms with Crippen LogP contribution in [0, 0.1) is 0 Å². The maximum absolute atomic E-state index is 5.30. The van der Waals surface area contributed by atoms with E-state index in [0.29, 0.717) is 0 Å². The summed E-state index contributed by atoms with van der Waals surface area (Å²) in [7, 11) is 1.67. The lowest BCUT2D eigenvalue weighted by Crippen LogP contribution is -2.16. The molecule has 0 saturated carbocycles. The Labute approximate surface area is 106 Å². The second-order valence-electron chi connectivity index (χ2n) is 4.01. The van der Waals surface area contributed by atoms with E-state index in [1.54, 1.807) is 18.4 Å². The molecule has 2 aromatic rings. The largest absolute Gasteiger partial charge is 0.480 e. The molecule has 0 aliphatic rings. The highest BCUT2D eigenvalue weighted by atomic mass is 32.1. The number of hydrogen-bond donors (Lipinski definition) is 1. The molecule has 0 saturated heterocycles. The zero-order chi connectivity index (χ0) is 12.1. The van der Waals surface area contributed by atoms with Crippen LogP contribution in [0.5, 0.6) is 5.88 Å². The molecular weight excluding hydrogens is 234 g/mol. The first-order valence-corrected chi connectivity index (χ1v) is 6.94. The standard InChI is InChI=1S/C12H19N3OS/c1-3-4-5-6-13-9-10-11(16-2)14-12-15(10)7-8-17-12/h7-8,13H,3-6,9H2,1-2H3. The lowest BCUT2D eigenvalue weighted by Gasteiger charge is -2.05. The minimum Gasteiger partial charge on any atom is -0.480 e. The van der Waals surface area contributed by atoms with Gasteiger partial charge in [-0.15, -0.1) is 11.3 Å². The van der Waals surface area contributed by atoms with Crippen molar-refractivity contribution in [3.63, 3.8) is 0 Å². The molecule has 17 heavy (non-hydrogen) atoms. The maximum atomic E-state index is 5.30. The minimum atomic E-state index is 0.736. The third kappa shape index (κ3) is 2.79. The van der Waals surface area contributed by atoms with Crippen LogP contribution in [0.15, 0.2) is 11.6 Å². The summed E-state index contributed by atoms with van der Waals surface area (Å²) < 4.78 is 7.40. The van der Waals surface area contributed by atoms with Gasteiger partial charge in [0.1, 0.15) is 5.69 Å². The first kappa shape index (κ1) is 12.4. The molecule has 2 aromatic heterocycles. The number of ether oxygens (including phenoxy) is 1. The molecule has 0 unspecified atom stereocenters. The van der Waals surface area contributed by atoms with Gasteiger partial charge in [0.2, 0.25) is 5.88 Å². The van der Waals surface area contributed by atoms with E-state index in [1.165, 1.54) is 19.3 Å². The molecule has 2 rings (SSSR count). The topological polar surface area (TPSA) is 38.6 Å². The highest BCUT2D eigenvalue weighted by Crippen LogP contribution is 2.22. The van der Waals surface area contributed by atoms with Crippen LogP contribution in [0.4, 0.5) is 0 Å². The molecule has 0 bridgehead atoms. The zero-order valence-electron chi connectivity index (χ0n) is 10.4. The molecular formula is C12H19N3OS. The Morgan fingerprint density at radius 1 is 1.47 bits per heavy atom. The van der Waals surface area contributed by atoms with Gasteiger partial charge in [0.05, 0.1) is 7.11 Å². The second-order valence-corrected chi connectivity index (χ2v) is 4.88. The Bertz CT molecular complexity index is 463. The number of unbranched alkanes of at least 4 members (excludes halogenated alkanes) is 2. The molecule has 5 heteroatoms. The Morgan fingerprint density at radius 3 is 3.12 bits per heavy atom. The summed E-state index contributed by atoms with van der Waals surface area (Å²) in [5.74, 6) is 0.736. The van der Waals surface area contributed by atoms with Crippen molar-refractivity contribution in [3.8, 4) is 5.88 Å². The highest BCUT2D eigenvalue weighted by Gasteiger charge is 2.12. The lowest BCUT2D eigenvalue weighted by atomic mass is 10.2. The summed E-state index contributed by atoms with van der Waals surface area (Å²) in [6.07, 6.45) is 5.81. The number of rotatable bonds is 7. The van der Waals surface area contributed by atoms with E-state index in [2.05, 4.69) is 21.6 Å². The average molecular weight is 253 g/mol. The number of methoxy groups -OCH3 is 1. The van der Waals surface area contributed by atoms with Crippen molar-refractivity contribution in [2.45, 2.75) is 32.7 Å². The first-order valence-electron chi connectivity index (χ1n) is 6.06. The van der Waals surface area contributed by atoms with Crippen LogP contribution in [-0.2, 0) is 6.54 Å². The van der Waals surface area contributed by atoms with E-state index in [0.717, 1.165) is 29.6 Å². The number of imidazole rings is 1.